The van der Waals surface area contributed by atoms with Crippen molar-refractivity contribution in [2.24, 2.45) is 0 Å². The number of nitrogens with one attached hydrogen (secondary N) is 5. The van der Waals surface area contributed by atoms with Crippen LogP contribution in [-0.2, 0) is 24.3 Å². The Balaban J connectivity index is 1.67. The van der Waals surface area contributed by atoms with Crippen LogP contribution in [0.25, 0.3) is 11.1 Å². The number of ether oxygens (including phenoxy) is 1. The summed E-state index contributed by atoms with van der Waals surface area (Å²) in [5, 5.41) is 18.8. The van der Waals surface area contributed by atoms with Crippen LogP contribution in [0.1, 0.15) is 53.1 Å². The molecule has 0 aliphatic carbocycles. The first-order valence-corrected chi connectivity index (χ1v) is 15.7. The van der Waals surface area contributed by atoms with E-state index < -0.39 is 51.2 Å². The van der Waals surface area contributed by atoms with E-state index in [1.807, 2.05) is 0 Å². The van der Waals surface area contributed by atoms with Gasteiger partial charge in [-0.2, -0.15) is 0 Å². The van der Waals surface area contributed by atoms with Gasteiger partial charge in [0.2, 0.25) is 10.0 Å². The molecule has 0 aliphatic rings. The summed E-state index contributed by atoms with van der Waals surface area (Å²) in [4.78, 5) is 48.6. The number of carboxylic acid groups (broad SMARTS) is 1. The molecule has 0 heterocycles. The van der Waals surface area contributed by atoms with Crippen LogP contribution >= 0.6 is 0 Å². The normalized spacial score (nSPS) is 12.4. The van der Waals surface area contributed by atoms with E-state index in [2.05, 4.69) is 26.0 Å². The smallest absolute Gasteiger partial charge is 0.408 e. The Labute approximate surface area is 268 Å². The van der Waals surface area contributed by atoms with E-state index in [1.165, 1.54) is 18.2 Å². The van der Waals surface area contributed by atoms with Gasteiger partial charge in [0.15, 0.2) is 0 Å². The number of sulfonamides is 1. The van der Waals surface area contributed by atoms with E-state index in [-0.39, 0.29) is 17.1 Å². The zero-order chi connectivity index (χ0) is 34.3. The number of carbonyl (C=O) groups excluding carboxylic acids is 3. The van der Waals surface area contributed by atoms with Gasteiger partial charge in [-0.25, -0.2) is 22.7 Å². The van der Waals surface area contributed by atoms with Crippen molar-refractivity contribution in [2.75, 3.05) is 17.2 Å². The van der Waals surface area contributed by atoms with E-state index in [0.29, 0.717) is 22.4 Å². The van der Waals surface area contributed by atoms with Crippen LogP contribution in [0.4, 0.5) is 21.0 Å². The molecule has 0 saturated carbocycles. The number of alkyl carbamates (subject to hydrolysis) is 1. The number of hydrogen-bond donors (Lipinski definition) is 6. The lowest BCUT2D eigenvalue weighted by atomic mass is 10.1. The Bertz CT molecular complexity index is 1680. The highest BCUT2D eigenvalue weighted by molar-refractivity contribution is 7.89. The monoisotopic (exact) mass is 653 g/mol. The van der Waals surface area contributed by atoms with Crippen molar-refractivity contribution in [3.05, 3.63) is 78.4 Å². The highest BCUT2D eigenvalue weighted by atomic mass is 32.2. The van der Waals surface area contributed by atoms with Crippen LogP contribution in [0, 0.1) is 0 Å². The Morgan fingerprint density at radius 1 is 0.783 bits per heavy atom. The molecule has 14 heteroatoms. The van der Waals surface area contributed by atoms with Gasteiger partial charge in [-0.3, -0.25) is 9.59 Å². The van der Waals surface area contributed by atoms with Crippen molar-refractivity contribution in [1.82, 2.24) is 15.4 Å². The number of carbonyl (C=O) groups is 4. The molecule has 1 unspecified atom stereocenters. The molecule has 0 radical (unpaired) electrons. The average molecular weight is 654 g/mol. The molecule has 13 nitrogen and oxygen atoms in total. The maximum Gasteiger partial charge on any atom is 0.408 e. The zero-order valence-corrected chi connectivity index (χ0v) is 27.2. The lowest BCUT2D eigenvalue weighted by Gasteiger charge is -2.24. The van der Waals surface area contributed by atoms with E-state index >= 15 is 0 Å². The average Bonchev–Trinajstić information content (AvgIpc) is 2.94. The minimum atomic E-state index is -3.82. The first-order chi connectivity index (χ1) is 21.3. The van der Waals surface area contributed by atoms with Gasteiger partial charge in [-0.1, -0.05) is 42.5 Å². The molecule has 0 aromatic heterocycles. The highest BCUT2D eigenvalue weighted by Gasteiger charge is 2.25. The fourth-order valence-corrected chi connectivity index (χ4v) is 5.85. The molecular formula is C32H39N5O8S. The number of rotatable bonds is 9. The summed E-state index contributed by atoms with van der Waals surface area (Å²) in [6, 6.07) is 18.3. The maximum absolute atomic E-state index is 13.0. The van der Waals surface area contributed by atoms with Gasteiger partial charge in [-0.05, 0) is 83.0 Å². The molecule has 3 aromatic carbocycles. The molecule has 0 spiro atoms. The Morgan fingerprint density at radius 3 is 1.80 bits per heavy atom. The van der Waals surface area contributed by atoms with Gasteiger partial charge in [-0.15, -0.1) is 0 Å². The summed E-state index contributed by atoms with van der Waals surface area (Å²) >= 11 is 0. The summed E-state index contributed by atoms with van der Waals surface area (Å²) in [6.07, 6.45) is -2.01. The van der Waals surface area contributed by atoms with Crippen LogP contribution < -0.4 is 26.0 Å². The number of benzene rings is 3. The van der Waals surface area contributed by atoms with E-state index in [4.69, 9.17) is 9.84 Å². The molecule has 0 fully saturated rings. The van der Waals surface area contributed by atoms with Crippen LogP contribution in [-0.4, -0.2) is 55.2 Å². The van der Waals surface area contributed by atoms with Gasteiger partial charge in [0.25, 0.3) is 0 Å². The largest absolute Gasteiger partial charge is 0.465 e. The lowest BCUT2D eigenvalue weighted by Crippen LogP contribution is -2.40. The van der Waals surface area contributed by atoms with E-state index in [9.17, 15) is 27.6 Å². The van der Waals surface area contributed by atoms with E-state index in [0.717, 1.165) is 0 Å². The minimum absolute atomic E-state index is 0.109. The predicted molar refractivity (Wildman–Crippen MR) is 174 cm³/mol. The second-order valence-electron chi connectivity index (χ2n) is 12.3. The Hall–Kier alpha value is -4.95. The fraction of sp³-hybridized carbons (Fsp3) is 0.312. The standard InChI is InChI=1S/C32H39N5O8S/c1-31(2,3)37-46(43,44)26-10-8-7-9-24(26)20-11-15-22(16-12-20)34-27(38)28(39)35-23-17-13-21(14-18-23)25(19-33-29(40)41)36-30(42)45-32(4,5)6/h7-18,25,33,37H,19H2,1-6H3,(H,34,38)(H,35,39)(H,36,42)(H,40,41). The van der Waals surface area contributed by atoms with Gasteiger partial charge in [0, 0.05) is 29.0 Å². The summed E-state index contributed by atoms with van der Waals surface area (Å²) in [7, 11) is -3.82. The minimum Gasteiger partial charge on any atom is -0.465 e. The molecule has 6 N–H and O–H groups in total. The molecule has 3 rings (SSSR count). The molecule has 4 amide bonds. The summed E-state index contributed by atoms with van der Waals surface area (Å²) in [5.74, 6) is -1.89. The molecule has 0 bridgehead atoms. The second kappa shape index (κ2) is 14.4. The molecule has 246 valence electrons. The highest BCUT2D eigenvalue weighted by Crippen LogP contribution is 2.29. The van der Waals surface area contributed by atoms with Gasteiger partial charge in [0.1, 0.15) is 5.60 Å². The Morgan fingerprint density at radius 2 is 1.30 bits per heavy atom. The predicted octanol–water partition coefficient (Wildman–Crippen LogP) is 4.84. The zero-order valence-electron chi connectivity index (χ0n) is 26.4. The SMILES string of the molecule is CC(C)(C)NS(=O)(=O)c1ccccc1-c1ccc(NC(=O)C(=O)Nc2ccc(C(CNC(=O)O)NC(=O)OC(C)(C)C)cc2)cc1. The van der Waals surface area contributed by atoms with Crippen LogP contribution in [0.3, 0.4) is 0 Å². The Kier molecular flexibility index (Phi) is 11.1. The third-order valence-corrected chi connectivity index (χ3v) is 7.81. The summed E-state index contributed by atoms with van der Waals surface area (Å²) in [6.45, 7) is 10.2. The first kappa shape index (κ1) is 35.5. The lowest BCUT2D eigenvalue weighted by molar-refractivity contribution is -0.132. The molecule has 0 aliphatic heterocycles. The first-order valence-electron chi connectivity index (χ1n) is 14.2. The van der Waals surface area contributed by atoms with Gasteiger partial charge in [0.05, 0.1) is 10.9 Å². The topological polar surface area (TPSA) is 192 Å². The molecule has 3 aromatic rings. The van der Waals surface area contributed by atoms with Crippen molar-refractivity contribution >= 4 is 45.4 Å². The third kappa shape index (κ3) is 10.9. The van der Waals surface area contributed by atoms with Crippen molar-refractivity contribution in [1.29, 1.82) is 0 Å². The number of amides is 4. The van der Waals surface area contributed by atoms with Crippen molar-refractivity contribution in [3.63, 3.8) is 0 Å². The molecular weight excluding hydrogens is 614 g/mol. The summed E-state index contributed by atoms with van der Waals surface area (Å²) in [5.41, 5.74) is 0.743. The maximum atomic E-state index is 13.0. The van der Waals surface area contributed by atoms with Crippen LogP contribution in [0.2, 0.25) is 0 Å². The number of anilines is 2. The molecule has 46 heavy (non-hydrogen) atoms. The number of hydrogen-bond acceptors (Lipinski definition) is 7. The van der Waals surface area contributed by atoms with Crippen LogP contribution in [0.15, 0.2) is 77.7 Å². The molecule has 1 atom stereocenters. The quantitative estimate of drug-likeness (QED) is 0.177. The van der Waals surface area contributed by atoms with Crippen LogP contribution in [0.5, 0.6) is 0 Å². The van der Waals surface area contributed by atoms with Crippen molar-refractivity contribution in [2.45, 2.75) is 63.6 Å². The summed E-state index contributed by atoms with van der Waals surface area (Å²) < 4.78 is 33.9. The second-order valence-corrected chi connectivity index (χ2v) is 14.0. The van der Waals surface area contributed by atoms with Gasteiger partial charge < -0.3 is 31.1 Å². The van der Waals surface area contributed by atoms with Crippen molar-refractivity contribution < 1.29 is 37.4 Å². The fourth-order valence-electron chi connectivity index (χ4n) is 4.20. The molecule has 0 saturated heterocycles. The van der Waals surface area contributed by atoms with Gasteiger partial charge >= 0.3 is 24.0 Å². The van der Waals surface area contributed by atoms with E-state index in [1.54, 1.807) is 96.1 Å². The third-order valence-electron chi connectivity index (χ3n) is 6.00. The van der Waals surface area contributed by atoms with Crippen molar-refractivity contribution in [3.8, 4) is 11.1 Å².